The summed E-state index contributed by atoms with van der Waals surface area (Å²) in [6.07, 6.45) is 2.81. The lowest BCUT2D eigenvalue weighted by molar-refractivity contribution is 0.0472. The number of oxime groups is 1. The van der Waals surface area contributed by atoms with Crippen LogP contribution in [-0.4, -0.2) is 43.2 Å². The lowest BCUT2D eigenvalue weighted by Crippen LogP contribution is -2.21. The Morgan fingerprint density at radius 1 is 1.27 bits per heavy atom. The van der Waals surface area contributed by atoms with E-state index < -0.39 is 6.09 Å². The van der Waals surface area contributed by atoms with E-state index in [4.69, 9.17) is 24.8 Å². The van der Waals surface area contributed by atoms with Crippen LogP contribution in [0.15, 0.2) is 47.9 Å². The first kappa shape index (κ1) is 17.5. The molecule has 0 aliphatic carbocycles. The van der Waals surface area contributed by atoms with E-state index in [1.807, 2.05) is 24.3 Å². The van der Waals surface area contributed by atoms with Crippen molar-refractivity contribution < 1.29 is 23.8 Å². The van der Waals surface area contributed by atoms with Gasteiger partial charge in [-0.25, -0.2) is 4.79 Å². The summed E-state index contributed by atoms with van der Waals surface area (Å²) in [5, 5.41) is 3.88. The lowest BCUT2D eigenvalue weighted by Gasteiger charge is -2.15. The molecule has 1 aromatic carbocycles. The van der Waals surface area contributed by atoms with Gasteiger partial charge in [-0.2, -0.15) is 0 Å². The number of benzene rings is 1. The molecule has 136 valence electrons. The highest BCUT2D eigenvalue weighted by Crippen LogP contribution is 2.35. The molecular weight excluding hydrogens is 338 g/mol. The Bertz CT molecular complexity index is 809. The van der Waals surface area contributed by atoms with Crippen LogP contribution in [0.2, 0.25) is 0 Å². The molecule has 1 aliphatic rings. The minimum absolute atomic E-state index is 0.0231. The van der Waals surface area contributed by atoms with Crippen LogP contribution in [0.1, 0.15) is 6.42 Å². The molecule has 1 aliphatic heterocycles. The molecule has 1 amide bonds. The quantitative estimate of drug-likeness (QED) is 0.815. The molecule has 8 nitrogen and oxygen atoms in total. The molecule has 1 unspecified atom stereocenters. The highest BCUT2D eigenvalue weighted by Gasteiger charge is 2.23. The van der Waals surface area contributed by atoms with Crippen molar-refractivity contribution in [1.82, 2.24) is 4.98 Å². The number of ether oxygens (including phenoxy) is 3. The van der Waals surface area contributed by atoms with Gasteiger partial charge in [0.2, 0.25) is 0 Å². The molecule has 2 heterocycles. The molecule has 0 radical (unpaired) electrons. The number of nitrogens with zero attached hydrogens (tertiary/aromatic N) is 2. The van der Waals surface area contributed by atoms with E-state index in [1.165, 1.54) is 0 Å². The van der Waals surface area contributed by atoms with Gasteiger partial charge in [0.1, 0.15) is 24.7 Å². The van der Waals surface area contributed by atoms with E-state index in [9.17, 15) is 4.79 Å². The Morgan fingerprint density at radius 2 is 2.12 bits per heavy atom. The van der Waals surface area contributed by atoms with Crippen molar-refractivity contribution in [3.05, 3.63) is 42.7 Å². The van der Waals surface area contributed by atoms with Gasteiger partial charge >= 0.3 is 6.09 Å². The molecule has 26 heavy (non-hydrogen) atoms. The number of carbonyl (C=O) groups excluding carboxylic acids is 1. The van der Waals surface area contributed by atoms with Crippen molar-refractivity contribution in [2.45, 2.75) is 12.5 Å². The second-order valence-electron chi connectivity index (χ2n) is 5.58. The first-order valence-corrected chi connectivity index (χ1v) is 8.01. The molecule has 0 saturated carbocycles. The molecule has 0 spiro atoms. The normalized spacial score (nSPS) is 15.7. The second-order valence-corrected chi connectivity index (χ2v) is 5.58. The lowest BCUT2D eigenvalue weighted by atomic mass is 10.1. The summed E-state index contributed by atoms with van der Waals surface area (Å²) in [5.41, 5.74) is 7.26. The second kappa shape index (κ2) is 8.19. The van der Waals surface area contributed by atoms with Crippen LogP contribution in [0.5, 0.6) is 11.5 Å². The number of pyridine rings is 1. The minimum atomic E-state index is -0.841. The maximum absolute atomic E-state index is 10.6. The number of amides is 1. The predicted octanol–water partition coefficient (Wildman–Crippen LogP) is 2.38. The van der Waals surface area contributed by atoms with Crippen molar-refractivity contribution in [3.63, 3.8) is 0 Å². The number of carbonyl (C=O) groups is 1. The smallest absolute Gasteiger partial charge is 0.404 e. The molecule has 2 N–H and O–H groups in total. The summed E-state index contributed by atoms with van der Waals surface area (Å²) < 4.78 is 16.0. The number of hydrogen-bond donors (Lipinski definition) is 1. The third-order valence-electron chi connectivity index (χ3n) is 3.78. The zero-order valence-corrected chi connectivity index (χ0v) is 14.3. The summed E-state index contributed by atoms with van der Waals surface area (Å²) in [5.74, 6) is 1.40. The van der Waals surface area contributed by atoms with E-state index in [0.29, 0.717) is 30.2 Å². The average molecular weight is 357 g/mol. The zero-order chi connectivity index (χ0) is 18.4. The summed E-state index contributed by atoms with van der Waals surface area (Å²) in [4.78, 5) is 20.1. The standard InChI is InChI=1S/C18H19N3O5/c1-23-16-6-7-20-9-15(16)14-4-2-3-5-17(14)24-11-13-8-12(21-26-13)10-25-18(19)22/h2-7,9,13H,8,10-11H2,1H3,(H2,19,22). The first-order chi connectivity index (χ1) is 12.7. The Kier molecular flexibility index (Phi) is 5.52. The SMILES string of the molecule is COc1ccncc1-c1ccccc1OCC1CC(COC(N)=O)=NO1. The van der Waals surface area contributed by atoms with Gasteiger partial charge in [0, 0.05) is 29.9 Å². The van der Waals surface area contributed by atoms with Crippen LogP contribution in [0, 0.1) is 0 Å². The summed E-state index contributed by atoms with van der Waals surface area (Å²) in [6.45, 7) is 0.318. The van der Waals surface area contributed by atoms with E-state index in [0.717, 1.165) is 11.1 Å². The Morgan fingerprint density at radius 3 is 2.92 bits per heavy atom. The van der Waals surface area contributed by atoms with Crippen molar-refractivity contribution >= 4 is 11.8 Å². The van der Waals surface area contributed by atoms with Crippen molar-refractivity contribution in [1.29, 1.82) is 0 Å². The topological polar surface area (TPSA) is 105 Å². The fraction of sp³-hybridized carbons (Fsp3) is 0.278. The van der Waals surface area contributed by atoms with Crippen molar-refractivity contribution in [2.24, 2.45) is 10.9 Å². The Labute approximate surface area is 150 Å². The third kappa shape index (κ3) is 4.21. The summed E-state index contributed by atoms with van der Waals surface area (Å²) in [7, 11) is 1.61. The summed E-state index contributed by atoms with van der Waals surface area (Å²) >= 11 is 0. The monoisotopic (exact) mass is 357 g/mol. The molecule has 1 aromatic heterocycles. The number of methoxy groups -OCH3 is 1. The van der Waals surface area contributed by atoms with Crippen LogP contribution in [0.3, 0.4) is 0 Å². The summed E-state index contributed by atoms with van der Waals surface area (Å²) in [6, 6.07) is 9.41. The van der Waals surface area contributed by atoms with Gasteiger partial charge in [-0.15, -0.1) is 0 Å². The Balaban J connectivity index is 1.64. The number of para-hydroxylation sites is 1. The number of rotatable bonds is 7. The Hall–Kier alpha value is -3.29. The molecule has 0 saturated heterocycles. The molecular formula is C18H19N3O5. The molecule has 8 heteroatoms. The van der Waals surface area contributed by atoms with E-state index >= 15 is 0 Å². The maximum atomic E-state index is 10.6. The van der Waals surface area contributed by atoms with Gasteiger partial charge in [0.15, 0.2) is 6.10 Å². The van der Waals surface area contributed by atoms with Crippen LogP contribution in [0.25, 0.3) is 11.1 Å². The predicted molar refractivity (Wildman–Crippen MR) is 94.2 cm³/mol. The fourth-order valence-electron chi connectivity index (χ4n) is 2.58. The van der Waals surface area contributed by atoms with Crippen molar-refractivity contribution in [3.8, 4) is 22.6 Å². The van der Waals surface area contributed by atoms with Crippen LogP contribution in [-0.2, 0) is 9.57 Å². The average Bonchev–Trinajstić information content (AvgIpc) is 3.13. The van der Waals surface area contributed by atoms with Gasteiger partial charge < -0.3 is 24.8 Å². The minimum Gasteiger partial charge on any atom is -0.496 e. The van der Waals surface area contributed by atoms with Gasteiger partial charge in [-0.05, 0) is 12.1 Å². The van der Waals surface area contributed by atoms with E-state index in [1.54, 1.807) is 25.6 Å². The van der Waals surface area contributed by atoms with Gasteiger partial charge in [-0.3, -0.25) is 4.98 Å². The van der Waals surface area contributed by atoms with Gasteiger partial charge in [-0.1, -0.05) is 23.4 Å². The molecule has 3 rings (SSSR count). The molecule has 2 aromatic rings. The third-order valence-corrected chi connectivity index (χ3v) is 3.78. The largest absolute Gasteiger partial charge is 0.496 e. The van der Waals surface area contributed by atoms with Crippen LogP contribution < -0.4 is 15.2 Å². The van der Waals surface area contributed by atoms with Gasteiger partial charge in [0.05, 0.1) is 12.8 Å². The maximum Gasteiger partial charge on any atom is 0.404 e. The van der Waals surface area contributed by atoms with Crippen LogP contribution in [0.4, 0.5) is 4.79 Å². The van der Waals surface area contributed by atoms with Crippen molar-refractivity contribution in [2.75, 3.05) is 20.3 Å². The molecule has 0 bridgehead atoms. The van der Waals surface area contributed by atoms with Crippen LogP contribution >= 0.6 is 0 Å². The highest BCUT2D eigenvalue weighted by atomic mass is 16.7. The number of primary amides is 1. The zero-order valence-electron chi connectivity index (χ0n) is 14.3. The number of aromatic nitrogens is 1. The van der Waals surface area contributed by atoms with Gasteiger partial charge in [0.25, 0.3) is 0 Å². The number of nitrogens with two attached hydrogens (primary N) is 1. The highest BCUT2D eigenvalue weighted by molar-refractivity contribution is 5.88. The van der Waals surface area contributed by atoms with E-state index in [2.05, 4.69) is 10.1 Å². The molecule has 0 fully saturated rings. The van der Waals surface area contributed by atoms with E-state index in [-0.39, 0.29) is 12.7 Å². The molecule has 1 atom stereocenters. The fourth-order valence-corrected chi connectivity index (χ4v) is 2.58. The first-order valence-electron chi connectivity index (χ1n) is 8.01. The number of hydrogen-bond acceptors (Lipinski definition) is 7.